The highest BCUT2D eigenvalue weighted by Crippen LogP contribution is 2.15. The Morgan fingerprint density at radius 1 is 0.875 bits per heavy atom. The minimum absolute atomic E-state index is 0.0439. The summed E-state index contributed by atoms with van der Waals surface area (Å²) in [6.45, 7) is 0. The van der Waals surface area contributed by atoms with Gasteiger partial charge < -0.3 is 9.88 Å². The van der Waals surface area contributed by atoms with Gasteiger partial charge in [-0.3, -0.25) is 9.59 Å². The van der Waals surface area contributed by atoms with E-state index in [4.69, 9.17) is 23.2 Å². The van der Waals surface area contributed by atoms with E-state index in [0.717, 1.165) is 5.69 Å². The standard InChI is InChI=1S/C18H12Cl2N2O2/c19-12-1-5-14(6-2-12)21-18(24)16-11-22(10-9-17(16)23)15-7-3-13(20)4-8-15/h1-11H,(H,21,24). The van der Waals surface area contributed by atoms with Gasteiger partial charge in [-0.05, 0) is 48.5 Å². The first-order chi connectivity index (χ1) is 11.5. The van der Waals surface area contributed by atoms with Gasteiger partial charge in [0.1, 0.15) is 5.56 Å². The number of carbonyl (C=O) groups excluding carboxylic acids is 1. The van der Waals surface area contributed by atoms with E-state index >= 15 is 0 Å². The van der Waals surface area contributed by atoms with Crippen molar-refractivity contribution in [1.29, 1.82) is 0 Å². The third-order valence-electron chi connectivity index (χ3n) is 3.39. The van der Waals surface area contributed by atoms with Crippen LogP contribution < -0.4 is 10.7 Å². The Kier molecular flexibility index (Phi) is 4.69. The molecule has 24 heavy (non-hydrogen) atoms. The molecule has 1 amide bonds. The maximum Gasteiger partial charge on any atom is 0.261 e. The molecule has 0 saturated heterocycles. The van der Waals surface area contributed by atoms with Crippen molar-refractivity contribution in [3.63, 3.8) is 0 Å². The van der Waals surface area contributed by atoms with E-state index in [9.17, 15) is 9.59 Å². The number of nitrogens with zero attached hydrogens (tertiary/aromatic N) is 1. The predicted octanol–water partition coefficient (Wildman–Crippen LogP) is 4.40. The Morgan fingerprint density at radius 2 is 1.46 bits per heavy atom. The molecule has 0 saturated carbocycles. The molecule has 0 unspecified atom stereocenters. The molecule has 120 valence electrons. The molecule has 3 rings (SSSR count). The topological polar surface area (TPSA) is 51.1 Å². The van der Waals surface area contributed by atoms with Crippen LogP contribution >= 0.6 is 23.2 Å². The molecule has 4 nitrogen and oxygen atoms in total. The van der Waals surface area contributed by atoms with Crippen molar-refractivity contribution in [2.75, 3.05) is 5.32 Å². The van der Waals surface area contributed by atoms with Crippen LogP contribution in [-0.2, 0) is 0 Å². The zero-order valence-corrected chi connectivity index (χ0v) is 13.9. The molecule has 0 spiro atoms. The Morgan fingerprint density at radius 3 is 2.08 bits per heavy atom. The number of rotatable bonds is 3. The smallest absolute Gasteiger partial charge is 0.261 e. The summed E-state index contributed by atoms with van der Waals surface area (Å²) in [5.41, 5.74) is 1.04. The lowest BCUT2D eigenvalue weighted by Gasteiger charge is -2.09. The zero-order valence-electron chi connectivity index (χ0n) is 12.4. The first-order valence-electron chi connectivity index (χ1n) is 7.08. The average molecular weight is 359 g/mol. The fourth-order valence-electron chi connectivity index (χ4n) is 2.16. The fraction of sp³-hybridized carbons (Fsp3) is 0. The molecule has 0 radical (unpaired) electrons. The number of halogens is 2. The summed E-state index contributed by atoms with van der Waals surface area (Å²) in [6, 6.07) is 15.1. The van der Waals surface area contributed by atoms with E-state index in [0.29, 0.717) is 15.7 Å². The van der Waals surface area contributed by atoms with Crippen LogP contribution in [0.25, 0.3) is 5.69 Å². The molecule has 3 aromatic rings. The summed E-state index contributed by atoms with van der Waals surface area (Å²) in [7, 11) is 0. The maximum atomic E-state index is 12.4. The Hall–Kier alpha value is -2.56. The molecule has 0 aliphatic heterocycles. The van der Waals surface area contributed by atoms with Crippen molar-refractivity contribution < 1.29 is 4.79 Å². The van der Waals surface area contributed by atoms with Gasteiger partial charge in [0.2, 0.25) is 0 Å². The lowest BCUT2D eigenvalue weighted by molar-refractivity contribution is 0.102. The van der Waals surface area contributed by atoms with Crippen LogP contribution in [-0.4, -0.2) is 10.5 Å². The largest absolute Gasteiger partial charge is 0.323 e. The number of hydrogen-bond acceptors (Lipinski definition) is 2. The monoisotopic (exact) mass is 358 g/mol. The van der Waals surface area contributed by atoms with Crippen molar-refractivity contribution in [2.45, 2.75) is 0 Å². The van der Waals surface area contributed by atoms with Crippen LogP contribution in [0.3, 0.4) is 0 Å². The highest BCUT2D eigenvalue weighted by Gasteiger charge is 2.11. The van der Waals surface area contributed by atoms with Gasteiger partial charge in [0.15, 0.2) is 5.43 Å². The molecule has 2 aromatic carbocycles. The van der Waals surface area contributed by atoms with E-state index in [1.54, 1.807) is 59.3 Å². The number of amides is 1. The molecule has 6 heteroatoms. The van der Waals surface area contributed by atoms with E-state index < -0.39 is 5.91 Å². The van der Waals surface area contributed by atoms with Gasteiger partial charge >= 0.3 is 0 Å². The van der Waals surface area contributed by atoms with Crippen molar-refractivity contribution in [1.82, 2.24) is 4.57 Å². The molecule has 0 bridgehead atoms. The van der Waals surface area contributed by atoms with Gasteiger partial charge in [0.05, 0.1) is 0 Å². The SMILES string of the molecule is O=C(Nc1ccc(Cl)cc1)c1cn(-c2ccc(Cl)cc2)ccc1=O. The number of anilines is 1. The normalized spacial score (nSPS) is 10.4. The zero-order chi connectivity index (χ0) is 17.1. The van der Waals surface area contributed by atoms with Crippen molar-refractivity contribution in [3.8, 4) is 5.69 Å². The van der Waals surface area contributed by atoms with Crippen LogP contribution in [0.2, 0.25) is 10.0 Å². The summed E-state index contributed by atoms with van der Waals surface area (Å²) in [5.74, 6) is -0.481. The lowest BCUT2D eigenvalue weighted by Crippen LogP contribution is -2.22. The van der Waals surface area contributed by atoms with Gasteiger partial charge in [-0.1, -0.05) is 23.2 Å². The molecule has 1 N–H and O–H groups in total. The first kappa shape index (κ1) is 16.3. The predicted molar refractivity (Wildman–Crippen MR) is 96.5 cm³/mol. The molecular formula is C18H12Cl2N2O2. The lowest BCUT2D eigenvalue weighted by atomic mass is 10.2. The minimum atomic E-state index is -0.481. The second-order valence-electron chi connectivity index (χ2n) is 5.07. The molecular weight excluding hydrogens is 347 g/mol. The van der Waals surface area contributed by atoms with Crippen LogP contribution in [0.1, 0.15) is 10.4 Å². The van der Waals surface area contributed by atoms with E-state index in [1.807, 2.05) is 0 Å². The number of pyridine rings is 1. The van der Waals surface area contributed by atoms with Crippen molar-refractivity contribution in [3.05, 3.63) is 92.8 Å². The number of aromatic nitrogens is 1. The fourth-order valence-corrected chi connectivity index (χ4v) is 2.41. The van der Waals surface area contributed by atoms with E-state index in [-0.39, 0.29) is 11.0 Å². The average Bonchev–Trinajstić information content (AvgIpc) is 2.58. The molecule has 1 heterocycles. The number of benzene rings is 2. The van der Waals surface area contributed by atoms with Crippen LogP contribution in [0.15, 0.2) is 71.8 Å². The minimum Gasteiger partial charge on any atom is -0.323 e. The second-order valence-corrected chi connectivity index (χ2v) is 5.94. The Labute approximate surface area is 148 Å². The van der Waals surface area contributed by atoms with Crippen LogP contribution in [0.4, 0.5) is 5.69 Å². The number of hydrogen-bond donors (Lipinski definition) is 1. The summed E-state index contributed by atoms with van der Waals surface area (Å²) in [6.07, 6.45) is 3.10. The van der Waals surface area contributed by atoms with Gasteiger partial charge in [-0.25, -0.2) is 0 Å². The summed E-state index contributed by atoms with van der Waals surface area (Å²) < 4.78 is 1.69. The summed E-state index contributed by atoms with van der Waals surface area (Å²) >= 11 is 11.7. The van der Waals surface area contributed by atoms with Gasteiger partial charge in [-0.15, -0.1) is 0 Å². The van der Waals surface area contributed by atoms with Gasteiger partial charge in [0.25, 0.3) is 5.91 Å². The van der Waals surface area contributed by atoms with Gasteiger partial charge in [-0.2, -0.15) is 0 Å². The Balaban J connectivity index is 1.91. The third-order valence-corrected chi connectivity index (χ3v) is 3.90. The highest BCUT2D eigenvalue weighted by molar-refractivity contribution is 6.30. The summed E-state index contributed by atoms with van der Waals surface area (Å²) in [4.78, 5) is 24.4. The molecule has 0 aliphatic rings. The van der Waals surface area contributed by atoms with E-state index in [2.05, 4.69) is 5.32 Å². The van der Waals surface area contributed by atoms with Gasteiger partial charge in [0, 0.05) is 39.9 Å². The highest BCUT2D eigenvalue weighted by atomic mass is 35.5. The van der Waals surface area contributed by atoms with Crippen molar-refractivity contribution in [2.24, 2.45) is 0 Å². The molecule has 1 aromatic heterocycles. The van der Waals surface area contributed by atoms with Crippen LogP contribution in [0.5, 0.6) is 0 Å². The Bertz CT molecular complexity index is 932. The first-order valence-corrected chi connectivity index (χ1v) is 7.84. The number of nitrogens with one attached hydrogen (secondary N) is 1. The molecule has 0 aliphatic carbocycles. The number of carbonyl (C=O) groups is 1. The van der Waals surface area contributed by atoms with E-state index in [1.165, 1.54) is 12.3 Å². The van der Waals surface area contributed by atoms with Crippen LogP contribution in [0, 0.1) is 0 Å². The molecule has 0 fully saturated rings. The van der Waals surface area contributed by atoms with Crippen molar-refractivity contribution >= 4 is 34.8 Å². The quantitative estimate of drug-likeness (QED) is 0.754. The maximum absolute atomic E-state index is 12.4. The molecule has 0 atom stereocenters. The summed E-state index contributed by atoms with van der Waals surface area (Å²) in [5, 5.41) is 3.86. The second kappa shape index (κ2) is 6.91. The third kappa shape index (κ3) is 3.67.